The molecule has 4 heteroatoms. The molecular weight excluding hydrogens is 228 g/mol. The van der Waals surface area contributed by atoms with Gasteiger partial charge in [-0.25, -0.2) is 0 Å². The van der Waals surface area contributed by atoms with E-state index in [1.165, 1.54) is 0 Å². The zero-order valence-corrected chi connectivity index (χ0v) is 11.6. The summed E-state index contributed by atoms with van der Waals surface area (Å²) in [6, 6.07) is 7.77. The third-order valence-corrected chi connectivity index (χ3v) is 2.39. The fraction of sp³-hybridized carbons (Fsp3) is 0.500. The van der Waals surface area contributed by atoms with Gasteiger partial charge in [-0.15, -0.1) is 0 Å². The minimum absolute atomic E-state index is 0.127. The summed E-state index contributed by atoms with van der Waals surface area (Å²) in [6.45, 7) is 4.64. The lowest BCUT2D eigenvalue weighted by Gasteiger charge is -2.12. The normalized spacial score (nSPS) is 10.3. The highest BCUT2D eigenvalue weighted by molar-refractivity contribution is 5.76. The van der Waals surface area contributed by atoms with Crippen LogP contribution >= 0.6 is 0 Å². The van der Waals surface area contributed by atoms with Crippen molar-refractivity contribution >= 4 is 11.6 Å². The maximum atomic E-state index is 11.4. The maximum Gasteiger partial charge on any atom is 0.223 e. The van der Waals surface area contributed by atoms with Crippen LogP contribution in [0, 0.1) is 0 Å². The van der Waals surface area contributed by atoms with Gasteiger partial charge in [-0.1, -0.05) is 0 Å². The fourth-order valence-electron chi connectivity index (χ4n) is 1.46. The lowest BCUT2D eigenvalue weighted by molar-refractivity contribution is -0.128. The van der Waals surface area contributed by atoms with E-state index < -0.39 is 0 Å². The molecule has 1 rings (SSSR count). The minimum Gasteiger partial charge on any atom is -0.491 e. The predicted molar refractivity (Wildman–Crippen MR) is 74.0 cm³/mol. The maximum absolute atomic E-state index is 11.4. The third kappa shape index (κ3) is 5.08. The molecule has 4 nitrogen and oxygen atoms in total. The predicted octanol–water partition coefficient (Wildman–Crippen LogP) is 2.36. The molecule has 0 saturated heterocycles. The van der Waals surface area contributed by atoms with Crippen molar-refractivity contribution in [3.8, 4) is 5.75 Å². The van der Waals surface area contributed by atoms with E-state index in [2.05, 4.69) is 5.32 Å². The van der Waals surface area contributed by atoms with Crippen LogP contribution in [0.15, 0.2) is 24.3 Å². The van der Waals surface area contributed by atoms with E-state index in [1.807, 2.05) is 38.1 Å². The number of hydrogen-bond acceptors (Lipinski definition) is 3. The molecule has 0 aliphatic heterocycles. The Bertz CT molecular complexity index is 372. The number of hydrogen-bond donors (Lipinski definition) is 1. The number of nitrogens with zero attached hydrogens (tertiary/aromatic N) is 1. The van der Waals surface area contributed by atoms with E-state index in [0.717, 1.165) is 11.4 Å². The summed E-state index contributed by atoms with van der Waals surface area (Å²) >= 11 is 0. The van der Waals surface area contributed by atoms with Crippen molar-refractivity contribution < 1.29 is 9.53 Å². The van der Waals surface area contributed by atoms with Gasteiger partial charge in [0.05, 0.1) is 6.10 Å². The Kier molecular flexibility index (Phi) is 5.49. The molecule has 1 aromatic rings. The summed E-state index contributed by atoms with van der Waals surface area (Å²) in [4.78, 5) is 13.0. The van der Waals surface area contributed by atoms with Crippen LogP contribution in [0.5, 0.6) is 5.75 Å². The second-order valence-electron chi connectivity index (χ2n) is 4.66. The highest BCUT2D eigenvalue weighted by Gasteiger charge is 2.03. The molecule has 0 heterocycles. The first-order valence-electron chi connectivity index (χ1n) is 6.20. The largest absolute Gasteiger partial charge is 0.491 e. The van der Waals surface area contributed by atoms with Gasteiger partial charge >= 0.3 is 0 Å². The Morgan fingerprint density at radius 1 is 1.28 bits per heavy atom. The van der Waals surface area contributed by atoms with E-state index >= 15 is 0 Å². The lowest BCUT2D eigenvalue weighted by atomic mass is 10.3. The quantitative estimate of drug-likeness (QED) is 0.842. The van der Waals surface area contributed by atoms with Crippen molar-refractivity contribution in [1.29, 1.82) is 0 Å². The summed E-state index contributed by atoms with van der Waals surface area (Å²) in [5.41, 5.74) is 0.998. The molecule has 18 heavy (non-hydrogen) atoms. The number of anilines is 1. The molecule has 0 fully saturated rings. The van der Waals surface area contributed by atoms with Crippen LogP contribution in [0.3, 0.4) is 0 Å². The SMILES string of the molecule is CC(C)Oc1ccc(NCCC(=O)N(C)C)cc1. The molecular formula is C14H22N2O2. The van der Waals surface area contributed by atoms with Gasteiger partial charge in [0.15, 0.2) is 0 Å². The van der Waals surface area contributed by atoms with Crippen molar-refractivity contribution in [3.05, 3.63) is 24.3 Å². The van der Waals surface area contributed by atoms with Gasteiger partial charge in [0.2, 0.25) is 5.91 Å². The Hall–Kier alpha value is -1.71. The molecule has 0 aliphatic carbocycles. The highest BCUT2D eigenvalue weighted by atomic mass is 16.5. The number of carbonyl (C=O) groups is 1. The first-order valence-corrected chi connectivity index (χ1v) is 6.20. The molecule has 1 amide bonds. The Balaban J connectivity index is 2.37. The molecule has 0 bridgehead atoms. The monoisotopic (exact) mass is 250 g/mol. The Morgan fingerprint density at radius 3 is 2.39 bits per heavy atom. The van der Waals surface area contributed by atoms with Gasteiger partial charge in [0.1, 0.15) is 5.75 Å². The highest BCUT2D eigenvalue weighted by Crippen LogP contribution is 2.16. The molecule has 0 aliphatic rings. The van der Waals surface area contributed by atoms with Gasteiger partial charge in [-0.3, -0.25) is 4.79 Å². The van der Waals surface area contributed by atoms with Crippen molar-refractivity contribution in [3.63, 3.8) is 0 Å². The Labute approximate surface area is 109 Å². The van der Waals surface area contributed by atoms with Gasteiger partial charge in [-0.05, 0) is 38.1 Å². The Morgan fingerprint density at radius 2 is 1.89 bits per heavy atom. The molecule has 100 valence electrons. The molecule has 0 saturated carbocycles. The molecule has 1 N–H and O–H groups in total. The van der Waals surface area contributed by atoms with Crippen LogP contribution < -0.4 is 10.1 Å². The summed E-state index contributed by atoms with van der Waals surface area (Å²) in [6.07, 6.45) is 0.679. The van der Waals surface area contributed by atoms with Crippen LogP contribution in [0.4, 0.5) is 5.69 Å². The van der Waals surface area contributed by atoms with E-state index in [1.54, 1.807) is 19.0 Å². The molecule has 1 aromatic carbocycles. The van der Waals surface area contributed by atoms with Crippen LogP contribution in [0.2, 0.25) is 0 Å². The van der Waals surface area contributed by atoms with Gasteiger partial charge in [0.25, 0.3) is 0 Å². The lowest BCUT2D eigenvalue weighted by Crippen LogP contribution is -2.23. The molecule has 0 atom stereocenters. The van der Waals surface area contributed by atoms with Crippen molar-refractivity contribution in [2.24, 2.45) is 0 Å². The summed E-state index contributed by atoms with van der Waals surface area (Å²) in [5, 5.41) is 3.21. The first-order chi connectivity index (χ1) is 8.49. The van der Waals surface area contributed by atoms with E-state index in [0.29, 0.717) is 13.0 Å². The van der Waals surface area contributed by atoms with Gasteiger partial charge < -0.3 is 15.0 Å². The standard InChI is InChI=1S/C14H22N2O2/c1-11(2)18-13-7-5-12(6-8-13)15-10-9-14(17)16(3)4/h5-8,11,15H,9-10H2,1-4H3. The molecule has 0 aromatic heterocycles. The average Bonchev–Trinajstić information content (AvgIpc) is 2.30. The smallest absolute Gasteiger partial charge is 0.223 e. The second-order valence-corrected chi connectivity index (χ2v) is 4.66. The number of carbonyl (C=O) groups excluding carboxylic acids is 1. The summed E-state index contributed by atoms with van der Waals surface area (Å²) in [5.74, 6) is 0.988. The molecule has 0 spiro atoms. The van der Waals surface area contributed by atoms with Crippen LogP contribution in [0.1, 0.15) is 20.3 Å². The van der Waals surface area contributed by atoms with Gasteiger partial charge in [-0.2, -0.15) is 0 Å². The zero-order valence-electron chi connectivity index (χ0n) is 11.6. The minimum atomic E-state index is 0.127. The van der Waals surface area contributed by atoms with E-state index in [4.69, 9.17) is 4.74 Å². The van der Waals surface area contributed by atoms with Crippen molar-refractivity contribution in [2.45, 2.75) is 26.4 Å². The summed E-state index contributed by atoms with van der Waals surface area (Å²) in [7, 11) is 3.53. The number of benzene rings is 1. The average molecular weight is 250 g/mol. The number of nitrogens with one attached hydrogen (secondary N) is 1. The van der Waals surface area contributed by atoms with E-state index in [-0.39, 0.29) is 12.0 Å². The topological polar surface area (TPSA) is 41.6 Å². The second kappa shape index (κ2) is 6.89. The van der Waals surface area contributed by atoms with Crippen molar-refractivity contribution in [1.82, 2.24) is 4.90 Å². The number of rotatable bonds is 6. The van der Waals surface area contributed by atoms with Crippen molar-refractivity contribution in [2.75, 3.05) is 26.0 Å². The first kappa shape index (κ1) is 14.4. The number of amides is 1. The molecule has 0 radical (unpaired) electrons. The molecule has 0 unspecified atom stereocenters. The zero-order chi connectivity index (χ0) is 13.5. The van der Waals surface area contributed by atoms with Crippen LogP contribution in [0.25, 0.3) is 0 Å². The van der Waals surface area contributed by atoms with Gasteiger partial charge in [0, 0.05) is 32.7 Å². The fourth-order valence-corrected chi connectivity index (χ4v) is 1.46. The van der Waals surface area contributed by atoms with Crippen LogP contribution in [-0.2, 0) is 4.79 Å². The third-order valence-electron chi connectivity index (χ3n) is 2.39. The van der Waals surface area contributed by atoms with Crippen LogP contribution in [-0.4, -0.2) is 37.6 Å². The number of ether oxygens (including phenoxy) is 1. The van der Waals surface area contributed by atoms with E-state index in [9.17, 15) is 4.79 Å². The summed E-state index contributed by atoms with van der Waals surface area (Å²) < 4.78 is 5.55.